The van der Waals surface area contributed by atoms with E-state index in [1.165, 1.54) is 17.7 Å². The minimum atomic E-state index is -0.176. The minimum absolute atomic E-state index is 0. The maximum Gasteiger partial charge on any atom is 0.193 e. The van der Waals surface area contributed by atoms with Gasteiger partial charge in [0.25, 0.3) is 0 Å². The number of guanidine groups is 1. The average Bonchev–Trinajstić information content (AvgIpc) is 3.13. The van der Waals surface area contributed by atoms with Gasteiger partial charge in [-0.15, -0.1) is 24.0 Å². The van der Waals surface area contributed by atoms with Crippen molar-refractivity contribution in [1.29, 1.82) is 0 Å². The van der Waals surface area contributed by atoms with Crippen LogP contribution in [0, 0.1) is 11.7 Å². The Morgan fingerprint density at radius 1 is 1.21 bits per heavy atom. The smallest absolute Gasteiger partial charge is 0.193 e. The summed E-state index contributed by atoms with van der Waals surface area (Å²) < 4.78 is 13.1. The molecule has 28 heavy (non-hydrogen) atoms. The lowest BCUT2D eigenvalue weighted by atomic mass is 9.99. The second-order valence-corrected chi connectivity index (χ2v) is 7.25. The van der Waals surface area contributed by atoms with Crippen molar-refractivity contribution in [3.05, 3.63) is 59.5 Å². The molecule has 7 heteroatoms. The quantitative estimate of drug-likeness (QED) is 0.390. The molecule has 0 spiro atoms. The monoisotopic (exact) mass is 497 g/mol. The van der Waals surface area contributed by atoms with E-state index in [0.29, 0.717) is 12.5 Å². The summed E-state index contributed by atoms with van der Waals surface area (Å²) in [6, 6.07) is 11.0. The van der Waals surface area contributed by atoms with Crippen LogP contribution in [0.1, 0.15) is 17.5 Å². The topological polar surface area (TPSA) is 43.8 Å². The molecule has 1 N–H and O–H groups in total. The fraction of sp³-hybridized carbons (Fsp3) is 0.429. The van der Waals surface area contributed by atoms with Gasteiger partial charge in [-0.25, -0.2) is 9.37 Å². The van der Waals surface area contributed by atoms with Crippen LogP contribution in [-0.4, -0.2) is 50.1 Å². The molecule has 3 rings (SSSR count). The van der Waals surface area contributed by atoms with Crippen LogP contribution in [0.4, 0.5) is 10.2 Å². The first-order chi connectivity index (χ1) is 13.0. The van der Waals surface area contributed by atoms with Crippen LogP contribution < -0.4 is 10.2 Å². The Bertz CT molecular complexity index is 761. The molecule has 0 aliphatic carbocycles. The van der Waals surface area contributed by atoms with E-state index < -0.39 is 0 Å². The third-order valence-electron chi connectivity index (χ3n) is 4.95. The van der Waals surface area contributed by atoms with Crippen molar-refractivity contribution in [1.82, 2.24) is 15.2 Å². The molecule has 1 atom stereocenters. The Labute approximate surface area is 184 Å². The van der Waals surface area contributed by atoms with Crippen molar-refractivity contribution in [3.63, 3.8) is 0 Å². The zero-order valence-corrected chi connectivity index (χ0v) is 19.1. The fourth-order valence-electron chi connectivity index (χ4n) is 3.44. The second kappa shape index (κ2) is 10.6. The van der Waals surface area contributed by atoms with Gasteiger partial charge in [0.15, 0.2) is 5.96 Å². The molecule has 2 heterocycles. The summed E-state index contributed by atoms with van der Waals surface area (Å²) in [5.41, 5.74) is 2.32. The van der Waals surface area contributed by atoms with Crippen LogP contribution in [-0.2, 0) is 13.0 Å². The molecule has 0 bridgehead atoms. The normalized spacial score (nSPS) is 16.6. The van der Waals surface area contributed by atoms with Crippen LogP contribution in [0.5, 0.6) is 0 Å². The highest BCUT2D eigenvalue weighted by atomic mass is 127. The average molecular weight is 497 g/mol. The SMILES string of the molecule is CN=C(NCc1ccc(N(C)C)nc1)N1CCC(Cc2ccc(F)cc2)C1.I. The molecule has 0 radical (unpaired) electrons. The maximum absolute atomic E-state index is 13.1. The van der Waals surface area contributed by atoms with Crippen molar-refractivity contribution in [2.75, 3.05) is 39.1 Å². The summed E-state index contributed by atoms with van der Waals surface area (Å²) >= 11 is 0. The predicted molar refractivity (Wildman–Crippen MR) is 124 cm³/mol. The standard InChI is InChI=1S/C21H28FN5.HI/c1-23-21(25-14-18-6-9-20(24-13-18)26(2)3)27-11-10-17(15-27)12-16-4-7-19(22)8-5-16;/h4-9,13,17H,10-12,14-15H2,1-3H3,(H,23,25);1H. The van der Waals surface area contributed by atoms with Crippen molar-refractivity contribution in [3.8, 4) is 0 Å². The Balaban J connectivity index is 0.00000280. The molecule has 1 aromatic carbocycles. The van der Waals surface area contributed by atoms with E-state index in [1.54, 1.807) is 0 Å². The van der Waals surface area contributed by atoms with Gasteiger partial charge >= 0.3 is 0 Å². The first-order valence-electron chi connectivity index (χ1n) is 9.37. The van der Waals surface area contributed by atoms with Crippen LogP contribution in [0.3, 0.4) is 0 Å². The van der Waals surface area contributed by atoms with Gasteiger partial charge in [-0.2, -0.15) is 0 Å². The van der Waals surface area contributed by atoms with Crippen molar-refractivity contribution < 1.29 is 4.39 Å². The molecule has 2 aromatic rings. The minimum Gasteiger partial charge on any atom is -0.363 e. The number of aliphatic imine (C=N–C) groups is 1. The molecular formula is C21H29FIN5. The molecule has 0 amide bonds. The van der Waals surface area contributed by atoms with Gasteiger partial charge in [0.05, 0.1) is 0 Å². The zero-order chi connectivity index (χ0) is 19.2. The molecule has 1 aliphatic heterocycles. The fourth-order valence-corrected chi connectivity index (χ4v) is 3.44. The molecule has 1 unspecified atom stereocenters. The molecule has 0 saturated carbocycles. The van der Waals surface area contributed by atoms with Crippen LogP contribution in [0.25, 0.3) is 0 Å². The van der Waals surface area contributed by atoms with Crippen LogP contribution in [0.2, 0.25) is 0 Å². The molecule has 1 saturated heterocycles. The Hall–Kier alpha value is -1.90. The first-order valence-corrected chi connectivity index (χ1v) is 9.37. The second-order valence-electron chi connectivity index (χ2n) is 7.25. The first kappa shape index (κ1) is 22.4. The number of benzene rings is 1. The summed E-state index contributed by atoms with van der Waals surface area (Å²) in [6.07, 6.45) is 4.00. The summed E-state index contributed by atoms with van der Waals surface area (Å²) in [7, 11) is 5.79. The number of anilines is 1. The number of rotatable bonds is 5. The van der Waals surface area contributed by atoms with E-state index in [9.17, 15) is 4.39 Å². The van der Waals surface area contributed by atoms with Crippen LogP contribution in [0.15, 0.2) is 47.6 Å². The highest BCUT2D eigenvalue weighted by molar-refractivity contribution is 14.0. The molecule has 1 aliphatic rings. The number of aromatic nitrogens is 1. The van der Waals surface area contributed by atoms with Gasteiger partial charge in [0.1, 0.15) is 11.6 Å². The third kappa shape index (κ3) is 6.05. The van der Waals surface area contributed by atoms with Gasteiger partial charge in [0.2, 0.25) is 0 Å². The predicted octanol–water partition coefficient (Wildman–Crippen LogP) is 3.54. The van der Waals surface area contributed by atoms with Crippen molar-refractivity contribution in [2.45, 2.75) is 19.4 Å². The summed E-state index contributed by atoms with van der Waals surface area (Å²) in [5, 5.41) is 3.44. The maximum atomic E-state index is 13.1. The van der Waals surface area contributed by atoms with E-state index >= 15 is 0 Å². The lowest BCUT2D eigenvalue weighted by Crippen LogP contribution is -2.39. The van der Waals surface area contributed by atoms with Crippen LogP contribution >= 0.6 is 24.0 Å². The van der Waals surface area contributed by atoms with Crippen molar-refractivity contribution >= 4 is 35.8 Å². The largest absolute Gasteiger partial charge is 0.363 e. The molecule has 1 fully saturated rings. The summed E-state index contributed by atoms with van der Waals surface area (Å²) in [5.74, 6) is 2.26. The van der Waals surface area contributed by atoms with E-state index in [-0.39, 0.29) is 29.8 Å². The number of pyridine rings is 1. The number of likely N-dealkylation sites (tertiary alicyclic amines) is 1. The van der Waals surface area contributed by atoms with E-state index in [1.807, 2.05) is 50.4 Å². The van der Waals surface area contributed by atoms with Gasteiger partial charge < -0.3 is 15.1 Å². The van der Waals surface area contributed by atoms with Gasteiger partial charge in [-0.3, -0.25) is 4.99 Å². The van der Waals surface area contributed by atoms with Gasteiger partial charge in [-0.05, 0) is 48.1 Å². The summed E-state index contributed by atoms with van der Waals surface area (Å²) in [6.45, 7) is 2.66. The van der Waals surface area contributed by atoms with E-state index in [4.69, 9.17) is 0 Å². The number of nitrogens with zero attached hydrogens (tertiary/aromatic N) is 4. The molecule has 5 nitrogen and oxygen atoms in total. The summed E-state index contributed by atoms with van der Waals surface area (Å²) in [4.78, 5) is 13.2. The van der Waals surface area contributed by atoms with Gasteiger partial charge in [-0.1, -0.05) is 18.2 Å². The Morgan fingerprint density at radius 2 is 1.93 bits per heavy atom. The highest BCUT2D eigenvalue weighted by Gasteiger charge is 2.25. The van der Waals surface area contributed by atoms with E-state index in [0.717, 1.165) is 43.3 Å². The third-order valence-corrected chi connectivity index (χ3v) is 4.95. The molecular weight excluding hydrogens is 468 g/mol. The van der Waals surface area contributed by atoms with Gasteiger partial charge in [0, 0.05) is 47.0 Å². The lowest BCUT2D eigenvalue weighted by molar-refractivity contribution is 0.459. The number of hydrogen-bond acceptors (Lipinski definition) is 3. The van der Waals surface area contributed by atoms with E-state index in [2.05, 4.69) is 26.3 Å². The number of halogens is 2. The molecule has 1 aromatic heterocycles. The Morgan fingerprint density at radius 3 is 2.54 bits per heavy atom. The number of nitrogens with one attached hydrogen (secondary N) is 1. The number of hydrogen-bond donors (Lipinski definition) is 1. The lowest BCUT2D eigenvalue weighted by Gasteiger charge is -2.22. The molecule has 152 valence electrons. The highest BCUT2D eigenvalue weighted by Crippen LogP contribution is 2.21. The Kier molecular flexibility index (Phi) is 8.47. The zero-order valence-electron chi connectivity index (χ0n) is 16.7. The van der Waals surface area contributed by atoms with Crippen molar-refractivity contribution in [2.24, 2.45) is 10.9 Å².